The molecule has 0 fully saturated rings. The number of carbonyl (C=O) groups excluding carboxylic acids is 1. The molecule has 10 nitrogen and oxygen atoms in total. The molecule has 0 aliphatic carbocycles. The van der Waals surface area contributed by atoms with E-state index in [1.807, 2.05) is 0 Å². The highest BCUT2D eigenvalue weighted by atomic mass is 35.5. The van der Waals surface area contributed by atoms with Crippen molar-refractivity contribution in [1.29, 1.82) is 0 Å². The second kappa shape index (κ2) is 9.61. The molecular formula is C24H17ClF3N9O. The highest BCUT2D eigenvalue weighted by Gasteiger charge is 2.41. The predicted octanol–water partition coefficient (Wildman–Crippen LogP) is 4.73. The third-order valence-corrected chi connectivity index (χ3v) is 5.76. The zero-order valence-corrected chi connectivity index (χ0v) is 19.9. The van der Waals surface area contributed by atoms with E-state index >= 15 is 0 Å². The number of alkyl halides is 3. The van der Waals surface area contributed by atoms with Crippen LogP contribution in [0.2, 0.25) is 5.02 Å². The van der Waals surface area contributed by atoms with Crippen LogP contribution >= 0.6 is 11.6 Å². The number of amides is 1. The van der Waals surface area contributed by atoms with E-state index in [-0.39, 0.29) is 33.7 Å². The molecule has 192 valence electrons. The summed E-state index contributed by atoms with van der Waals surface area (Å²) in [5, 5.41) is 7.74. The topological polar surface area (TPSA) is 141 Å². The second-order valence-electron chi connectivity index (χ2n) is 7.93. The number of carbonyl (C=O) groups is 1. The molecule has 1 amide bonds. The molecule has 1 aromatic carbocycles. The van der Waals surface area contributed by atoms with E-state index in [1.54, 1.807) is 36.4 Å². The van der Waals surface area contributed by atoms with Gasteiger partial charge in [-0.05, 0) is 42.5 Å². The number of hydrogen-bond donors (Lipinski definition) is 3. The first kappa shape index (κ1) is 24.9. The van der Waals surface area contributed by atoms with E-state index in [2.05, 4.69) is 25.4 Å². The zero-order valence-electron chi connectivity index (χ0n) is 19.2. The van der Waals surface area contributed by atoms with E-state index in [4.69, 9.17) is 23.2 Å². The van der Waals surface area contributed by atoms with Crippen molar-refractivity contribution in [3.8, 4) is 5.69 Å². The maximum atomic E-state index is 14.2. The van der Waals surface area contributed by atoms with Gasteiger partial charge in [0.25, 0.3) is 5.91 Å². The molecule has 0 aliphatic heterocycles. The van der Waals surface area contributed by atoms with E-state index in [0.717, 1.165) is 11.2 Å². The Morgan fingerprint density at radius 1 is 1.00 bits per heavy atom. The maximum absolute atomic E-state index is 14.2. The summed E-state index contributed by atoms with van der Waals surface area (Å²) in [7, 11) is 0. The maximum Gasteiger partial charge on any atom is 0.434 e. The average molecular weight is 540 g/mol. The summed E-state index contributed by atoms with van der Waals surface area (Å²) in [6.45, 7) is 0. The van der Waals surface area contributed by atoms with Gasteiger partial charge in [-0.1, -0.05) is 17.7 Å². The molecule has 5 rings (SSSR count). The Hall–Kier alpha value is -4.75. The lowest BCUT2D eigenvalue weighted by Gasteiger charge is -2.19. The lowest BCUT2D eigenvalue weighted by atomic mass is 10.1. The fourth-order valence-electron chi connectivity index (χ4n) is 3.83. The zero-order chi connectivity index (χ0) is 27.0. The molecule has 38 heavy (non-hydrogen) atoms. The van der Waals surface area contributed by atoms with Gasteiger partial charge in [0.15, 0.2) is 17.3 Å². The second-order valence-corrected chi connectivity index (χ2v) is 8.34. The van der Waals surface area contributed by atoms with Gasteiger partial charge in [0, 0.05) is 17.8 Å². The monoisotopic (exact) mass is 539 g/mol. The lowest BCUT2D eigenvalue weighted by molar-refractivity contribution is -0.143. The Kier molecular flexibility index (Phi) is 6.30. The molecule has 0 radical (unpaired) electrons. The fourth-order valence-corrected chi connectivity index (χ4v) is 4.08. The normalized spacial score (nSPS) is 11.5. The first-order valence-corrected chi connectivity index (χ1v) is 11.2. The van der Waals surface area contributed by atoms with Gasteiger partial charge in [-0.15, -0.1) is 0 Å². The lowest BCUT2D eigenvalue weighted by Crippen LogP contribution is -2.28. The highest BCUT2D eigenvalue weighted by Crippen LogP contribution is 2.36. The van der Waals surface area contributed by atoms with Crippen molar-refractivity contribution in [2.24, 2.45) is 5.84 Å². The molecule has 0 saturated carbocycles. The number of hydrazine groups is 1. The van der Waals surface area contributed by atoms with Crippen molar-refractivity contribution in [3.05, 3.63) is 89.6 Å². The summed E-state index contributed by atoms with van der Waals surface area (Å²) in [6, 6.07) is 12.4. The van der Waals surface area contributed by atoms with E-state index in [0.29, 0.717) is 15.6 Å². The minimum Gasteiger partial charge on any atom is -0.396 e. The highest BCUT2D eigenvalue weighted by molar-refractivity contribution is 6.33. The van der Waals surface area contributed by atoms with Crippen LogP contribution < -0.4 is 21.9 Å². The van der Waals surface area contributed by atoms with Crippen LogP contribution in [0, 0.1) is 0 Å². The van der Waals surface area contributed by atoms with Crippen LogP contribution in [0.3, 0.4) is 0 Å². The molecule has 4 heterocycles. The number of aromatic nitrogens is 5. The Morgan fingerprint density at radius 2 is 1.76 bits per heavy atom. The third kappa shape index (κ3) is 4.55. The molecule has 5 N–H and O–H groups in total. The van der Waals surface area contributed by atoms with Crippen molar-refractivity contribution in [2.75, 3.05) is 16.1 Å². The first-order valence-electron chi connectivity index (χ1n) is 10.9. The number of nitrogen functional groups attached to an aromatic ring is 1. The molecular weight excluding hydrogens is 523 g/mol. The quantitative estimate of drug-likeness (QED) is 0.215. The summed E-state index contributed by atoms with van der Waals surface area (Å²) in [4.78, 5) is 25.3. The summed E-state index contributed by atoms with van der Waals surface area (Å²) < 4.78 is 43.3. The summed E-state index contributed by atoms with van der Waals surface area (Å²) in [6.07, 6.45) is 0.129. The molecule has 0 atom stereocenters. The van der Waals surface area contributed by atoms with Crippen LogP contribution in [-0.2, 0) is 6.18 Å². The standard InChI is InChI=1S/C24H17ClF3N9O/c25-16-10-13(11-33-21(16)36(30)22-17(29)5-3-9-32-22)35-23(38)15-12-34-37(20(15)24(26,27)28)19-7-1-6-18-14(19)4-2-8-31-18/h1-12H,29-30H2,(H,35,38). The van der Waals surface area contributed by atoms with Gasteiger partial charge in [0.2, 0.25) is 0 Å². The van der Waals surface area contributed by atoms with Gasteiger partial charge in [0.1, 0.15) is 0 Å². The van der Waals surface area contributed by atoms with Crippen LogP contribution in [0.15, 0.2) is 73.3 Å². The van der Waals surface area contributed by atoms with Gasteiger partial charge in [-0.2, -0.15) is 18.3 Å². The van der Waals surface area contributed by atoms with E-state index in [9.17, 15) is 18.0 Å². The Morgan fingerprint density at radius 3 is 2.50 bits per heavy atom. The smallest absolute Gasteiger partial charge is 0.396 e. The number of fused-ring (bicyclic) bond motifs is 1. The summed E-state index contributed by atoms with van der Waals surface area (Å²) >= 11 is 6.29. The number of hydrogen-bond acceptors (Lipinski definition) is 8. The van der Waals surface area contributed by atoms with Crippen molar-refractivity contribution in [2.45, 2.75) is 6.18 Å². The van der Waals surface area contributed by atoms with Crippen LogP contribution in [0.4, 0.5) is 36.2 Å². The Bertz CT molecular complexity index is 1670. The number of nitrogens with zero attached hydrogens (tertiary/aromatic N) is 6. The van der Waals surface area contributed by atoms with Crippen molar-refractivity contribution in [3.63, 3.8) is 0 Å². The number of rotatable bonds is 5. The number of benzene rings is 1. The van der Waals surface area contributed by atoms with Crippen LogP contribution in [0.5, 0.6) is 0 Å². The largest absolute Gasteiger partial charge is 0.434 e. The molecule has 0 saturated heterocycles. The molecule has 0 aliphatic rings. The Balaban J connectivity index is 1.48. The van der Waals surface area contributed by atoms with Gasteiger partial charge in [-0.3, -0.25) is 9.78 Å². The number of halogens is 4. The number of anilines is 4. The SMILES string of the molecule is Nc1cccnc1N(N)c1ncc(NC(=O)c2cnn(-c3cccc4ncccc34)c2C(F)(F)F)cc1Cl. The average Bonchev–Trinajstić information content (AvgIpc) is 3.34. The van der Waals surface area contributed by atoms with Crippen LogP contribution in [0.1, 0.15) is 16.1 Å². The minimum absolute atomic E-state index is 0.00894. The third-order valence-electron chi connectivity index (χ3n) is 5.49. The number of nitrogens with one attached hydrogen (secondary N) is 1. The van der Waals surface area contributed by atoms with Gasteiger partial charge < -0.3 is 11.1 Å². The summed E-state index contributed by atoms with van der Waals surface area (Å²) in [5.41, 5.74) is 4.82. The fraction of sp³-hybridized carbons (Fsp3) is 0.0417. The molecule has 0 spiro atoms. The van der Waals surface area contributed by atoms with Crippen molar-refractivity contribution < 1.29 is 18.0 Å². The van der Waals surface area contributed by atoms with Crippen molar-refractivity contribution in [1.82, 2.24) is 24.7 Å². The molecule has 14 heteroatoms. The van der Waals surface area contributed by atoms with Crippen molar-refractivity contribution >= 4 is 51.4 Å². The summed E-state index contributed by atoms with van der Waals surface area (Å²) in [5.74, 6) is 5.22. The Labute approximate surface area is 217 Å². The van der Waals surface area contributed by atoms with Crippen LogP contribution in [-0.4, -0.2) is 30.6 Å². The van der Waals surface area contributed by atoms with Gasteiger partial charge in [-0.25, -0.2) is 25.5 Å². The van der Waals surface area contributed by atoms with Crippen LogP contribution in [0.25, 0.3) is 16.6 Å². The van der Waals surface area contributed by atoms with Gasteiger partial charge in [0.05, 0.1) is 45.6 Å². The predicted molar refractivity (Wildman–Crippen MR) is 136 cm³/mol. The first-order chi connectivity index (χ1) is 18.1. The van der Waals surface area contributed by atoms with E-state index < -0.39 is 23.3 Å². The molecule has 0 bridgehead atoms. The van der Waals surface area contributed by atoms with E-state index in [1.165, 1.54) is 30.7 Å². The number of pyridine rings is 3. The minimum atomic E-state index is -4.91. The molecule has 4 aromatic heterocycles. The molecule has 5 aromatic rings. The number of nitrogens with two attached hydrogens (primary N) is 2. The molecule has 0 unspecified atom stereocenters. The van der Waals surface area contributed by atoms with Gasteiger partial charge >= 0.3 is 6.18 Å².